The Morgan fingerprint density at radius 2 is 2.06 bits per heavy atom. The van der Waals surface area contributed by atoms with Crippen molar-refractivity contribution in [1.29, 1.82) is 0 Å². The molecule has 0 spiro atoms. The van der Waals surface area contributed by atoms with E-state index in [0.29, 0.717) is 5.69 Å². The van der Waals surface area contributed by atoms with Crippen LogP contribution in [0.4, 0.5) is 28.9 Å². The maximum Gasteiger partial charge on any atom is 0.393 e. The van der Waals surface area contributed by atoms with E-state index in [4.69, 9.17) is 5.73 Å². The number of rotatable bonds is 4. The highest BCUT2D eigenvalue weighted by atomic mass is 32.1. The van der Waals surface area contributed by atoms with E-state index >= 15 is 0 Å². The molecule has 0 radical (unpaired) electrons. The summed E-state index contributed by atoms with van der Waals surface area (Å²) in [5.74, 6) is -3.13. The molecule has 2 atom stereocenters. The highest BCUT2D eigenvalue weighted by Gasteiger charge is 2.44. The second kappa shape index (κ2) is 8.94. The number of aromatic hydroxyl groups is 1. The Kier molecular flexibility index (Phi) is 6.21. The second-order valence-corrected chi connectivity index (χ2v) is 8.55. The lowest BCUT2D eigenvalue weighted by Crippen LogP contribution is -2.51. The third-order valence-corrected chi connectivity index (χ3v) is 6.13. The number of thiazole rings is 1. The number of alkyl halides is 3. The summed E-state index contributed by atoms with van der Waals surface area (Å²) in [6, 6.07) is 4.43. The number of phenolic OH excluding ortho intramolecular Hbond substituents is 1. The fourth-order valence-electron chi connectivity index (χ4n) is 3.70. The van der Waals surface area contributed by atoms with Gasteiger partial charge in [0, 0.05) is 42.3 Å². The van der Waals surface area contributed by atoms with Crippen LogP contribution in [0.3, 0.4) is 0 Å². The molecule has 1 saturated heterocycles. The van der Waals surface area contributed by atoms with Crippen LogP contribution in [0.5, 0.6) is 5.75 Å². The van der Waals surface area contributed by atoms with Crippen LogP contribution in [0.15, 0.2) is 42.0 Å². The Morgan fingerprint density at radius 1 is 1.27 bits per heavy atom. The zero-order valence-corrected chi connectivity index (χ0v) is 17.8. The van der Waals surface area contributed by atoms with Crippen molar-refractivity contribution in [3.63, 3.8) is 0 Å². The Bertz CT molecular complexity index is 1170. The second-order valence-electron chi connectivity index (χ2n) is 7.69. The first-order valence-corrected chi connectivity index (χ1v) is 10.8. The number of nitrogens with one attached hydrogen (secondary N) is 1. The molecule has 1 aliphatic heterocycles. The molecular formula is C21H19F4N5O2S. The van der Waals surface area contributed by atoms with Crippen molar-refractivity contribution in [2.75, 3.05) is 23.3 Å². The van der Waals surface area contributed by atoms with Gasteiger partial charge in [-0.3, -0.25) is 9.78 Å². The zero-order chi connectivity index (χ0) is 23.8. The number of carbonyl (C=O) groups is 1. The molecule has 2 aromatic heterocycles. The van der Waals surface area contributed by atoms with Crippen LogP contribution >= 0.6 is 11.3 Å². The third-order valence-electron chi connectivity index (χ3n) is 5.25. The smallest absolute Gasteiger partial charge is 0.393 e. The topological polar surface area (TPSA) is 104 Å². The number of anilines is 2. The molecule has 1 amide bonds. The third kappa shape index (κ3) is 5.06. The Hall–Kier alpha value is -3.25. The number of phenols is 1. The zero-order valence-electron chi connectivity index (χ0n) is 17.0. The normalized spacial score (nSPS) is 18.9. The monoisotopic (exact) mass is 481 g/mol. The lowest BCUT2D eigenvalue weighted by Gasteiger charge is -2.39. The van der Waals surface area contributed by atoms with Crippen molar-refractivity contribution in [2.45, 2.75) is 18.6 Å². The SMILES string of the molecule is NC1CC(C(F)(F)F)CN(c2ccncc2NC(=O)c2csc(-c3ccc(O)cc3F)n2)C1. The first-order chi connectivity index (χ1) is 15.6. The molecule has 4 N–H and O–H groups in total. The van der Waals surface area contributed by atoms with Gasteiger partial charge in [0.15, 0.2) is 0 Å². The average Bonchev–Trinajstić information content (AvgIpc) is 3.23. The lowest BCUT2D eigenvalue weighted by atomic mass is 9.93. The molecule has 4 rings (SSSR count). The molecule has 1 fully saturated rings. The molecule has 174 valence electrons. The van der Waals surface area contributed by atoms with E-state index in [-0.39, 0.29) is 47.2 Å². The van der Waals surface area contributed by atoms with Crippen molar-refractivity contribution < 1.29 is 27.5 Å². The van der Waals surface area contributed by atoms with E-state index < -0.39 is 29.9 Å². The minimum atomic E-state index is -4.38. The molecule has 7 nitrogen and oxygen atoms in total. The Morgan fingerprint density at radius 3 is 2.79 bits per heavy atom. The van der Waals surface area contributed by atoms with Crippen LogP contribution < -0.4 is 16.0 Å². The van der Waals surface area contributed by atoms with E-state index in [0.717, 1.165) is 17.4 Å². The number of hydrogen-bond donors (Lipinski definition) is 3. The van der Waals surface area contributed by atoms with Crippen LogP contribution in [0.25, 0.3) is 10.6 Å². The molecule has 3 aromatic rings. The standard InChI is InChI=1S/C21H19F4N5O2S/c22-15-6-13(31)1-2-14(15)20-29-17(10-33-20)19(32)28-16-7-27-4-3-18(16)30-8-11(21(23,24)25)5-12(26)9-30/h1-4,6-7,10-12,31H,5,8-9,26H2,(H,28,32). The summed E-state index contributed by atoms with van der Waals surface area (Å²) in [7, 11) is 0. The molecular weight excluding hydrogens is 462 g/mol. The van der Waals surface area contributed by atoms with Gasteiger partial charge in [0.05, 0.1) is 23.5 Å². The summed E-state index contributed by atoms with van der Waals surface area (Å²) >= 11 is 1.04. The quantitative estimate of drug-likeness (QED) is 0.487. The van der Waals surface area contributed by atoms with Gasteiger partial charge < -0.3 is 21.1 Å². The number of amides is 1. The number of hydrogen-bond acceptors (Lipinski definition) is 7. The van der Waals surface area contributed by atoms with Crippen LogP contribution in [-0.4, -0.2) is 46.3 Å². The van der Waals surface area contributed by atoms with Crippen molar-refractivity contribution in [1.82, 2.24) is 9.97 Å². The number of pyridine rings is 1. The van der Waals surface area contributed by atoms with Gasteiger partial charge in [-0.2, -0.15) is 13.2 Å². The minimum absolute atomic E-state index is 0.000733. The van der Waals surface area contributed by atoms with Crippen molar-refractivity contribution in [3.8, 4) is 16.3 Å². The van der Waals surface area contributed by atoms with Crippen molar-refractivity contribution >= 4 is 28.6 Å². The molecule has 0 aliphatic carbocycles. The van der Waals surface area contributed by atoms with Gasteiger partial charge in [-0.25, -0.2) is 9.37 Å². The Balaban J connectivity index is 1.55. The van der Waals surface area contributed by atoms with Gasteiger partial charge in [-0.15, -0.1) is 11.3 Å². The summed E-state index contributed by atoms with van der Waals surface area (Å²) in [4.78, 5) is 22.4. The molecule has 1 aromatic carbocycles. The number of piperidine rings is 1. The van der Waals surface area contributed by atoms with Crippen molar-refractivity contribution in [2.24, 2.45) is 11.7 Å². The molecule has 33 heavy (non-hydrogen) atoms. The van der Waals surface area contributed by atoms with Gasteiger partial charge in [-0.05, 0) is 24.6 Å². The van der Waals surface area contributed by atoms with Crippen LogP contribution in [0, 0.1) is 11.7 Å². The largest absolute Gasteiger partial charge is 0.508 e. The highest BCUT2D eigenvalue weighted by Crippen LogP contribution is 2.36. The van der Waals surface area contributed by atoms with Gasteiger partial charge in [0.2, 0.25) is 0 Å². The molecule has 12 heteroatoms. The maximum atomic E-state index is 14.1. The van der Waals surface area contributed by atoms with E-state index in [2.05, 4.69) is 15.3 Å². The fraction of sp³-hybridized carbons (Fsp3) is 0.286. The fourth-order valence-corrected chi connectivity index (χ4v) is 4.52. The summed E-state index contributed by atoms with van der Waals surface area (Å²) in [5, 5.41) is 13.6. The summed E-state index contributed by atoms with van der Waals surface area (Å²) in [6.07, 6.45) is -1.79. The van der Waals surface area contributed by atoms with Crippen LogP contribution in [0.1, 0.15) is 16.9 Å². The van der Waals surface area contributed by atoms with Gasteiger partial charge >= 0.3 is 6.18 Å². The van der Waals surface area contributed by atoms with E-state index in [1.807, 2.05) is 0 Å². The highest BCUT2D eigenvalue weighted by molar-refractivity contribution is 7.13. The first kappa shape index (κ1) is 22.9. The Labute approximate surface area is 189 Å². The number of halogens is 4. The van der Waals surface area contributed by atoms with E-state index in [1.165, 1.54) is 40.9 Å². The number of nitrogens with zero attached hydrogens (tertiary/aromatic N) is 3. The number of nitrogens with two attached hydrogens (primary N) is 1. The number of carbonyl (C=O) groups excluding carboxylic acids is 1. The predicted molar refractivity (Wildman–Crippen MR) is 116 cm³/mol. The minimum Gasteiger partial charge on any atom is -0.508 e. The maximum absolute atomic E-state index is 14.1. The van der Waals surface area contributed by atoms with Crippen molar-refractivity contribution in [3.05, 3.63) is 53.6 Å². The average molecular weight is 481 g/mol. The number of benzene rings is 1. The summed E-state index contributed by atoms with van der Waals surface area (Å²) in [5.41, 5.74) is 6.57. The number of aromatic nitrogens is 2. The van der Waals surface area contributed by atoms with Gasteiger partial charge in [0.1, 0.15) is 22.3 Å². The van der Waals surface area contributed by atoms with Gasteiger partial charge in [0.25, 0.3) is 5.91 Å². The van der Waals surface area contributed by atoms with Gasteiger partial charge in [-0.1, -0.05) is 0 Å². The summed E-state index contributed by atoms with van der Waals surface area (Å²) in [6.45, 7) is -0.0918. The first-order valence-electron chi connectivity index (χ1n) is 9.89. The van der Waals surface area contributed by atoms with Crippen LogP contribution in [0.2, 0.25) is 0 Å². The van der Waals surface area contributed by atoms with E-state index in [1.54, 1.807) is 0 Å². The lowest BCUT2D eigenvalue weighted by molar-refractivity contribution is -0.177. The summed E-state index contributed by atoms with van der Waals surface area (Å²) < 4.78 is 54.1. The molecule has 0 bridgehead atoms. The molecule has 0 saturated carbocycles. The molecule has 3 heterocycles. The molecule has 1 aliphatic rings. The molecule has 2 unspecified atom stereocenters. The predicted octanol–water partition coefficient (Wildman–Crippen LogP) is 4.02. The van der Waals surface area contributed by atoms with Crippen LogP contribution in [-0.2, 0) is 0 Å². The van der Waals surface area contributed by atoms with E-state index in [9.17, 15) is 27.5 Å².